The fourth-order valence-corrected chi connectivity index (χ4v) is 7.79. The van der Waals surface area contributed by atoms with Gasteiger partial charge in [0.2, 0.25) is 0 Å². The van der Waals surface area contributed by atoms with Gasteiger partial charge < -0.3 is 0 Å². The average Bonchev–Trinajstić information content (AvgIpc) is 3.73. The highest BCUT2D eigenvalue weighted by atomic mass is 32.1. The second-order valence-electron chi connectivity index (χ2n) is 12.9. The van der Waals surface area contributed by atoms with Crippen LogP contribution < -0.4 is 0 Å². The van der Waals surface area contributed by atoms with Crippen LogP contribution in [-0.2, 0) is 5.41 Å². The van der Waals surface area contributed by atoms with Crippen LogP contribution in [0.3, 0.4) is 0 Å². The molecule has 0 N–H and O–H groups in total. The molecule has 0 saturated carbocycles. The first-order chi connectivity index (χ1) is 23.7. The number of hydrogen-bond acceptors (Lipinski definition) is 6. The average molecular weight is 653 g/mol. The van der Waals surface area contributed by atoms with Gasteiger partial charge in [0.25, 0.3) is 0 Å². The number of aromatic nitrogens is 2. The number of nitriles is 2. The first-order valence-corrected chi connectivity index (χ1v) is 16.9. The highest BCUT2D eigenvalue weighted by Gasteiger charge is 2.33. The third-order valence-electron chi connectivity index (χ3n) is 9.80. The summed E-state index contributed by atoms with van der Waals surface area (Å²) in [6.45, 7) is 9.03. The molecular weight excluding hydrogens is 621 g/mol. The number of Topliss-reactive ketones (excluding diaryl/α,β-unsaturated/α-hetero) is 1. The van der Waals surface area contributed by atoms with Crippen molar-refractivity contribution in [3.8, 4) is 23.3 Å². The van der Waals surface area contributed by atoms with E-state index in [9.17, 15) is 15.3 Å². The first kappa shape index (κ1) is 31.6. The summed E-state index contributed by atoms with van der Waals surface area (Å²) in [5.74, 6) is 0.0103. The van der Waals surface area contributed by atoms with Crippen molar-refractivity contribution in [2.24, 2.45) is 0 Å². The first-order valence-electron chi connectivity index (χ1n) is 16.2. The van der Waals surface area contributed by atoms with Crippen LogP contribution in [0.4, 0.5) is 0 Å². The molecule has 0 radical (unpaired) electrons. The zero-order valence-corrected chi connectivity index (χ0v) is 28.5. The van der Waals surface area contributed by atoms with Gasteiger partial charge in [-0.25, -0.2) is 0 Å². The Morgan fingerprint density at radius 1 is 0.776 bits per heavy atom. The Bertz CT molecular complexity index is 2420. The minimum Gasteiger partial charge on any atom is -0.289 e. The van der Waals surface area contributed by atoms with Crippen molar-refractivity contribution < 1.29 is 4.79 Å². The predicted molar refractivity (Wildman–Crippen MR) is 197 cm³/mol. The molecule has 6 heteroatoms. The summed E-state index contributed by atoms with van der Waals surface area (Å²) in [6.07, 6.45) is 1.74. The molecule has 1 aromatic heterocycles. The molecule has 0 fully saturated rings. The van der Waals surface area contributed by atoms with Gasteiger partial charge in [0.1, 0.15) is 28.7 Å². The van der Waals surface area contributed by atoms with Crippen LogP contribution in [0.1, 0.15) is 76.0 Å². The van der Waals surface area contributed by atoms with E-state index in [0.29, 0.717) is 33.4 Å². The number of carbonyl (C=O) groups is 1. The molecule has 1 aliphatic rings. The largest absolute Gasteiger partial charge is 0.289 e. The molecule has 7 rings (SSSR count). The zero-order valence-electron chi connectivity index (χ0n) is 27.7. The number of carbonyl (C=O) groups excluding carboxylic acids is 1. The molecule has 5 nitrogen and oxygen atoms in total. The molecule has 49 heavy (non-hydrogen) atoms. The molecule has 6 aromatic rings. The quantitative estimate of drug-likeness (QED) is 0.132. The van der Waals surface area contributed by atoms with Crippen LogP contribution in [0.2, 0.25) is 0 Å². The van der Waals surface area contributed by atoms with E-state index >= 15 is 0 Å². The third-order valence-corrected chi connectivity index (χ3v) is 10.3. The Labute approximate surface area is 290 Å². The van der Waals surface area contributed by atoms with Gasteiger partial charge in [-0.15, -0.1) is 0 Å². The van der Waals surface area contributed by atoms with Crippen molar-refractivity contribution >= 4 is 40.2 Å². The van der Waals surface area contributed by atoms with Gasteiger partial charge in [0, 0.05) is 39.2 Å². The van der Waals surface area contributed by atoms with Crippen LogP contribution in [0.5, 0.6) is 0 Å². The van der Waals surface area contributed by atoms with Crippen LogP contribution in [-0.4, -0.2) is 14.5 Å². The predicted octanol–water partition coefficient (Wildman–Crippen LogP) is 10.2. The standard InChI is InChI=1S/C43H32N4OS/c1-26-18-19-29(23-38(26)43(3,4)37-17-11-10-14-32(37)27(2)28-12-6-5-7-13-28)33-21-20-30(40-41(33)47-49-46-40)22-36-39(31(24-44)25-45)34-15-8-9-16-35(34)42(36)48/h5-23,27H,1-4H3/b36-22-. The maximum absolute atomic E-state index is 13.6. The van der Waals surface area contributed by atoms with Crippen molar-refractivity contribution in [3.05, 3.63) is 165 Å². The van der Waals surface area contributed by atoms with Gasteiger partial charge in [-0.05, 0) is 58.0 Å². The van der Waals surface area contributed by atoms with Crippen molar-refractivity contribution in [3.63, 3.8) is 0 Å². The number of rotatable bonds is 6. The Morgan fingerprint density at radius 3 is 2.20 bits per heavy atom. The summed E-state index contributed by atoms with van der Waals surface area (Å²) in [7, 11) is 0. The van der Waals surface area contributed by atoms with Crippen LogP contribution in [0.15, 0.2) is 120 Å². The van der Waals surface area contributed by atoms with Gasteiger partial charge in [0.05, 0.1) is 11.7 Å². The fourth-order valence-electron chi connectivity index (χ4n) is 7.21. The van der Waals surface area contributed by atoms with E-state index in [0.717, 1.165) is 28.4 Å². The van der Waals surface area contributed by atoms with Crippen LogP contribution in [0, 0.1) is 29.6 Å². The van der Waals surface area contributed by atoms with E-state index in [-0.39, 0.29) is 22.7 Å². The topological polar surface area (TPSA) is 90.4 Å². The molecule has 0 amide bonds. The Kier molecular flexibility index (Phi) is 8.12. The van der Waals surface area contributed by atoms with E-state index < -0.39 is 0 Å². The molecule has 0 aliphatic heterocycles. The minimum atomic E-state index is -0.302. The normalized spacial score (nSPS) is 14.0. The number of benzene rings is 5. The second kappa shape index (κ2) is 12.6. The number of aryl methyl sites for hydroxylation is 1. The molecule has 1 atom stereocenters. The zero-order chi connectivity index (χ0) is 34.3. The Balaban J connectivity index is 1.32. The van der Waals surface area contributed by atoms with Crippen LogP contribution in [0.25, 0.3) is 33.8 Å². The second-order valence-corrected chi connectivity index (χ2v) is 13.5. The molecule has 1 aliphatic carbocycles. The van der Waals surface area contributed by atoms with Gasteiger partial charge >= 0.3 is 0 Å². The summed E-state index contributed by atoms with van der Waals surface area (Å²) in [5, 5.41) is 19.5. The van der Waals surface area contributed by atoms with Gasteiger partial charge in [-0.3, -0.25) is 4.79 Å². The van der Waals surface area contributed by atoms with Crippen LogP contribution >= 0.6 is 11.7 Å². The number of allylic oxidation sites excluding steroid dienone is 3. The fraction of sp³-hybridized carbons (Fsp3) is 0.140. The highest BCUT2D eigenvalue weighted by molar-refractivity contribution is 7.00. The van der Waals surface area contributed by atoms with E-state index in [4.69, 9.17) is 4.37 Å². The third kappa shape index (κ3) is 5.37. The summed E-state index contributed by atoms with van der Waals surface area (Å²) in [5.41, 5.74) is 11.7. The summed E-state index contributed by atoms with van der Waals surface area (Å²) < 4.78 is 9.37. The molecule has 236 valence electrons. The lowest BCUT2D eigenvalue weighted by Crippen LogP contribution is -2.23. The summed E-state index contributed by atoms with van der Waals surface area (Å²) in [4.78, 5) is 13.6. The van der Waals surface area contributed by atoms with E-state index in [2.05, 4.69) is 105 Å². The maximum atomic E-state index is 13.6. The lowest BCUT2D eigenvalue weighted by molar-refractivity contribution is 0.104. The summed E-state index contributed by atoms with van der Waals surface area (Å²) >= 11 is 1.12. The van der Waals surface area contributed by atoms with E-state index in [1.807, 2.05) is 24.3 Å². The minimum absolute atomic E-state index is 0.0941. The molecule has 5 aromatic carbocycles. The number of fused-ring (bicyclic) bond motifs is 2. The number of hydrogen-bond donors (Lipinski definition) is 0. The van der Waals surface area contributed by atoms with Crippen molar-refractivity contribution in [2.45, 2.75) is 39.0 Å². The lowest BCUT2D eigenvalue weighted by Gasteiger charge is -2.32. The monoisotopic (exact) mass is 652 g/mol. The Morgan fingerprint density at radius 2 is 1.45 bits per heavy atom. The van der Waals surface area contributed by atoms with E-state index in [1.54, 1.807) is 30.3 Å². The molecule has 1 heterocycles. The molecular formula is C43H32N4OS. The molecule has 0 saturated heterocycles. The summed E-state index contributed by atoms with van der Waals surface area (Å²) in [6, 6.07) is 41.0. The maximum Gasteiger partial charge on any atom is 0.194 e. The number of ketones is 1. The van der Waals surface area contributed by atoms with Gasteiger partial charge in [-0.1, -0.05) is 124 Å². The smallest absolute Gasteiger partial charge is 0.194 e. The van der Waals surface area contributed by atoms with Gasteiger partial charge in [-0.2, -0.15) is 19.3 Å². The number of nitrogens with zero attached hydrogens (tertiary/aromatic N) is 4. The molecule has 0 spiro atoms. The van der Waals surface area contributed by atoms with Gasteiger partial charge in [0.15, 0.2) is 5.78 Å². The highest BCUT2D eigenvalue weighted by Crippen LogP contribution is 2.43. The SMILES string of the molecule is Cc1ccc(-c2ccc(/C=C3\C(=O)c4ccccc4C3=C(C#N)C#N)c3nsnc23)cc1C(C)(C)c1ccccc1C(C)c1ccccc1. The molecule has 1 unspecified atom stereocenters. The lowest BCUT2D eigenvalue weighted by atomic mass is 9.71. The van der Waals surface area contributed by atoms with Crippen molar-refractivity contribution in [1.82, 2.24) is 8.75 Å². The molecule has 0 bridgehead atoms. The van der Waals surface area contributed by atoms with Crippen molar-refractivity contribution in [2.75, 3.05) is 0 Å². The Hall–Kier alpha value is -5.95. The van der Waals surface area contributed by atoms with Crippen molar-refractivity contribution in [1.29, 1.82) is 10.5 Å². The van der Waals surface area contributed by atoms with E-state index in [1.165, 1.54) is 27.8 Å².